The topological polar surface area (TPSA) is 97.1 Å². The van der Waals surface area contributed by atoms with E-state index in [2.05, 4.69) is 15.4 Å². The predicted octanol–water partition coefficient (Wildman–Crippen LogP) is 2.99. The molecule has 0 saturated carbocycles. The van der Waals surface area contributed by atoms with E-state index in [-0.39, 0.29) is 12.3 Å². The number of aryl methyl sites for hydroxylation is 2. The Hall–Kier alpha value is -2.74. The molecule has 0 radical (unpaired) electrons. The lowest BCUT2D eigenvalue weighted by atomic mass is 10.1. The van der Waals surface area contributed by atoms with Crippen molar-refractivity contribution in [2.75, 3.05) is 6.54 Å². The van der Waals surface area contributed by atoms with Crippen LogP contribution in [0.4, 0.5) is 0 Å². The number of aromatic nitrogens is 3. The molecule has 0 aliphatic heterocycles. The summed E-state index contributed by atoms with van der Waals surface area (Å²) in [5.74, 6) is -1.01. The summed E-state index contributed by atoms with van der Waals surface area (Å²) in [5.41, 5.74) is 2.71. The summed E-state index contributed by atoms with van der Waals surface area (Å²) in [6.45, 7) is 2.29. The number of unbranched alkanes of at least 4 members (excludes halogenated alkanes) is 1. The van der Waals surface area contributed by atoms with E-state index in [9.17, 15) is 9.59 Å². The molecule has 136 valence electrons. The standard InChI is InChI=1S/C18H20N4O3S/c1-11-16-12(18(25)19-8-4-3-7-15(23)24)10-13(14-6-5-9-26-14)20-17(16)22(2)21-11/h5-6,9-10H,3-4,7-8H2,1-2H3,(H,19,25)(H,23,24). The first kappa shape index (κ1) is 18.1. The van der Waals surface area contributed by atoms with Crippen molar-refractivity contribution in [3.8, 4) is 10.6 Å². The number of amides is 1. The maximum atomic E-state index is 12.8. The summed E-state index contributed by atoms with van der Waals surface area (Å²) in [7, 11) is 1.81. The maximum Gasteiger partial charge on any atom is 0.303 e. The van der Waals surface area contributed by atoms with Crippen LogP contribution in [0, 0.1) is 6.92 Å². The third kappa shape index (κ3) is 3.75. The lowest BCUT2D eigenvalue weighted by molar-refractivity contribution is -0.137. The number of pyridine rings is 1. The first-order chi connectivity index (χ1) is 12.5. The zero-order valence-corrected chi connectivity index (χ0v) is 15.5. The summed E-state index contributed by atoms with van der Waals surface area (Å²) in [6.07, 6.45) is 1.27. The molecule has 0 atom stereocenters. The van der Waals surface area contributed by atoms with Crippen molar-refractivity contribution in [1.29, 1.82) is 0 Å². The van der Waals surface area contributed by atoms with E-state index in [1.807, 2.05) is 31.5 Å². The van der Waals surface area contributed by atoms with Gasteiger partial charge in [-0.15, -0.1) is 11.3 Å². The highest BCUT2D eigenvalue weighted by Gasteiger charge is 2.19. The van der Waals surface area contributed by atoms with Gasteiger partial charge in [0.05, 0.1) is 27.2 Å². The highest BCUT2D eigenvalue weighted by molar-refractivity contribution is 7.13. The number of hydrogen-bond acceptors (Lipinski definition) is 5. The van der Waals surface area contributed by atoms with E-state index in [1.165, 1.54) is 0 Å². The van der Waals surface area contributed by atoms with Crippen LogP contribution in [0.1, 0.15) is 35.3 Å². The Kier molecular flexibility index (Phi) is 5.32. The quantitative estimate of drug-likeness (QED) is 0.622. The molecule has 26 heavy (non-hydrogen) atoms. The number of nitrogens with one attached hydrogen (secondary N) is 1. The number of hydrogen-bond donors (Lipinski definition) is 2. The van der Waals surface area contributed by atoms with Gasteiger partial charge in [-0.2, -0.15) is 5.10 Å². The van der Waals surface area contributed by atoms with Gasteiger partial charge in [0, 0.05) is 20.0 Å². The molecule has 7 nitrogen and oxygen atoms in total. The van der Waals surface area contributed by atoms with Crippen LogP contribution < -0.4 is 5.32 Å². The fourth-order valence-electron chi connectivity index (χ4n) is 2.87. The molecule has 0 unspecified atom stereocenters. The molecule has 3 rings (SSSR count). The number of rotatable bonds is 7. The van der Waals surface area contributed by atoms with E-state index in [0.717, 1.165) is 21.7 Å². The van der Waals surface area contributed by atoms with Gasteiger partial charge in [0.2, 0.25) is 0 Å². The molecular weight excluding hydrogens is 352 g/mol. The number of thiophene rings is 1. The largest absolute Gasteiger partial charge is 0.481 e. The van der Waals surface area contributed by atoms with Crippen LogP contribution in [0.25, 0.3) is 21.6 Å². The van der Waals surface area contributed by atoms with Gasteiger partial charge in [0.1, 0.15) is 0 Å². The summed E-state index contributed by atoms with van der Waals surface area (Å²) in [5, 5.41) is 18.7. The molecule has 0 bridgehead atoms. The number of carbonyl (C=O) groups is 2. The normalized spacial score (nSPS) is 11.0. The molecular formula is C18H20N4O3S. The molecule has 3 aromatic rings. The fraction of sp³-hybridized carbons (Fsp3) is 0.333. The second-order valence-corrected chi connectivity index (χ2v) is 6.99. The predicted molar refractivity (Wildman–Crippen MR) is 100 cm³/mol. The van der Waals surface area contributed by atoms with Gasteiger partial charge in [0.25, 0.3) is 5.91 Å². The Morgan fingerprint density at radius 3 is 2.85 bits per heavy atom. The van der Waals surface area contributed by atoms with Crippen molar-refractivity contribution in [3.63, 3.8) is 0 Å². The Morgan fingerprint density at radius 1 is 1.35 bits per heavy atom. The van der Waals surface area contributed by atoms with Crippen LogP contribution >= 0.6 is 11.3 Å². The van der Waals surface area contributed by atoms with Crippen molar-refractivity contribution in [2.45, 2.75) is 26.2 Å². The summed E-state index contributed by atoms with van der Waals surface area (Å²) >= 11 is 1.57. The van der Waals surface area contributed by atoms with E-state index < -0.39 is 5.97 Å². The molecule has 8 heteroatoms. The van der Waals surface area contributed by atoms with Gasteiger partial charge in [-0.1, -0.05) is 6.07 Å². The van der Waals surface area contributed by atoms with Gasteiger partial charge in [-0.05, 0) is 37.3 Å². The minimum Gasteiger partial charge on any atom is -0.481 e. The van der Waals surface area contributed by atoms with Gasteiger partial charge in [-0.25, -0.2) is 4.98 Å². The van der Waals surface area contributed by atoms with Gasteiger partial charge in [-0.3, -0.25) is 14.3 Å². The third-order valence-electron chi connectivity index (χ3n) is 4.09. The summed E-state index contributed by atoms with van der Waals surface area (Å²) in [6, 6.07) is 5.72. The van der Waals surface area contributed by atoms with Crippen LogP contribution in [-0.4, -0.2) is 38.3 Å². The highest BCUT2D eigenvalue weighted by Crippen LogP contribution is 2.29. The zero-order valence-electron chi connectivity index (χ0n) is 14.7. The van der Waals surface area contributed by atoms with E-state index in [1.54, 1.807) is 22.1 Å². The molecule has 1 amide bonds. The molecule has 3 aromatic heterocycles. The lowest BCUT2D eigenvalue weighted by Crippen LogP contribution is -2.25. The molecule has 0 spiro atoms. The molecule has 3 heterocycles. The zero-order chi connectivity index (χ0) is 18.7. The first-order valence-electron chi connectivity index (χ1n) is 8.35. The van der Waals surface area contributed by atoms with Crippen molar-refractivity contribution < 1.29 is 14.7 Å². The Labute approximate surface area is 154 Å². The van der Waals surface area contributed by atoms with Crippen molar-refractivity contribution in [2.24, 2.45) is 7.05 Å². The Morgan fingerprint density at radius 2 is 2.15 bits per heavy atom. The van der Waals surface area contributed by atoms with Crippen molar-refractivity contribution in [1.82, 2.24) is 20.1 Å². The molecule has 0 saturated heterocycles. The van der Waals surface area contributed by atoms with Crippen LogP contribution in [0.15, 0.2) is 23.6 Å². The summed E-state index contributed by atoms with van der Waals surface area (Å²) < 4.78 is 1.69. The molecule has 0 aliphatic rings. The van der Waals surface area contributed by atoms with Crippen LogP contribution in [0.2, 0.25) is 0 Å². The molecule has 0 fully saturated rings. The second kappa shape index (κ2) is 7.65. The van der Waals surface area contributed by atoms with Crippen LogP contribution in [-0.2, 0) is 11.8 Å². The average Bonchev–Trinajstić information content (AvgIpc) is 3.22. The number of nitrogens with zero attached hydrogens (tertiary/aromatic N) is 3. The SMILES string of the molecule is Cc1nn(C)c2nc(-c3cccs3)cc(C(=O)NCCCCC(=O)O)c12. The first-order valence-corrected chi connectivity index (χ1v) is 9.23. The number of aliphatic carboxylic acids is 1. The van der Waals surface area contributed by atoms with E-state index in [4.69, 9.17) is 5.11 Å². The van der Waals surface area contributed by atoms with Gasteiger partial charge >= 0.3 is 5.97 Å². The fourth-order valence-corrected chi connectivity index (χ4v) is 3.56. The van der Waals surface area contributed by atoms with Crippen LogP contribution in [0.3, 0.4) is 0 Å². The number of fused-ring (bicyclic) bond motifs is 1. The second-order valence-electron chi connectivity index (χ2n) is 6.05. The minimum absolute atomic E-state index is 0.111. The minimum atomic E-state index is -0.821. The number of carboxylic acid groups (broad SMARTS) is 1. The van der Waals surface area contributed by atoms with E-state index in [0.29, 0.717) is 30.6 Å². The molecule has 2 N–H and O–H groups in total. The third-order valence-corrected chi connectivity index (χ3v) is 4.98. The van der Waals surface area contributed by atoms with Gasteiger partial charge in [0.15, 0.2) is 5.65 Å². The molecule has 0 aromatic carbocycles. The van der Waals surface area contributed by atoms with Crippen molar-refractivity contribution >= 4 is 34.2 Å². The highest BCUT2D eigenvalue weighted by atomic mass is 32.1. The lowest BCUT2D eigenvalue weighted by Gasteiger charge is -2.08. The smallest absolute Gasteiger partial charge is 0.303 e. The average molecular weight is 372 g/mol. The van der Waals surface area contributed by atoms with Crippen LogP contribution in [0.5, 0.6) is 0 Å². The van der Waals surface area contributed by atoms with E-state index >= 15 is 0 Å². The summed E-state index contributed by atoms with van der Waals surface area (Å²) in [4.78, 5) is 29.0. The maximum absolute atomic E-state index is 12.8. The monoisotopic (exact) mass is 372 g/mol. The Balaban J connectivity index is 1.88. The van der Waals surface area contributed by atoms with Gasteiger partial charge < -0.3 is 10.4 Å². The Bertz CT molecular complexity index is 947. The molecule has 0 aliphatic carbocycles. The number of carbonyl (C=O) groups excluding carboxylic acids is 1. The number of carboxylic acids is 1. The van der Waals surface area contributed by atoms with Crippen molar-refractivity contribution in [3.05, 3.63) is 34.8 Å².